The maximum absolute atomic E-state index is 6.00. The molecule has 2 aromatic rings. The minimum atomic E-state index is -0.258. The van der Waals surface area contributed by atoms with E-state index in [1.807, 2.05) is 31.2 Å². The Bertz CT molecular complexity index is 575. The van der Waals surface area contributed by atoms with Crippen molar-refractivity contribution in [3.05, 3.63) is 48.5 Å². The summed E-state index contributed by atoms with van der Waals surface area (Å²) in [7, 11) is 0. The molecule has 0 aliphatic rings. The van der Waals surface area contributed by atoms with Crippen molar-refractivity contribution in [1.29, 1.82) is 0 Å². The summed E-state index contributed by atoms with van der Waals surface area (Å²) in [5, 5.41) is 2.25. The first-order chi connectivity index (χ1) is 9.76. The molecule has 0 bridgehead atoms. The molecule has 0 aliphatic heterocycles. The monoisotopic (exact) mass is 270 g/mol. The largest absolute Gasteiger partial charge is 0.464 e. The standard InChI is InChI=1S/C18H22O2/c1-4-6-13-19-14(3)20-18-15(5-2)11-12-16-9-7-8-10-17(16)18/h5,7-12,14H,2,4,6,13H2,1,3H3. The molecule has 2 heteroatoms. The van der Waals surface area contributed by atoms with E-state index >= 15 is 0 Å². The summed E-state index contributed by atoms with van der Waals surface area (Å²) in [6.07, 6.45) is 3.74. The molecule has 0 fully saturated rings. The molecule has 2 aromatic carbocycles. The van der Waals surface area contributed by atoms with Crippen LogP contribution in [-0.4, -0.2) is 12.9 Å². The lowest BCUT2D eigenvalue weighted by molar-refractivity contribution is -0.0666. The van der Waals surface area contributed by atoms with Gasteiger partial charge in [0.05, 0.1) is 6.61 Å². The molecule has 0 saturated heterocycles. The third-order valence-electron chi connectivity index (χ3n) is 3.26. The van der Waals surface area contributed by atoms with E-state index in [-0.39, 0.29) is 6.29 Å². The number of unbranched alkanes of at least 4 members (excludes halogenated alkanes) is 1. The van der Waals surface area contributed by atoms with E-state index in [1.165, 1.54) is 0 Å². The van der Waals surface area contributed by atoms with Gasteiger partial charge in [-0.3, -0.25) is 0 Å². The average Bonchev–Trinajstić information content (AvgIpc) is 2.48. The van der Waals surface area contributed by atoms with Crippen molar-refractivity contribution >= 4 is 16.8 Å². The molecule has 0 radical (unpaired) electrons. The Morgan fingerprint density at radius 3 is 2.75 bits per heavy atom. The van der Waals surface area contributed by atoms with Crippen LogP contribution in [0.5, 0.6) is 5.75 Å². The minimum absolute atomic E-state index is 0.258. The van der Waals surface area contributed by atoms with E-state index < -0.39 is 0 Å². The van der Waals surface area contributed by atoms with Crippen LogP contribution in [0.1, 0.15) is 32.3 Å². The van der Waals surface area contributed by atoms with Gasteiger partial charge in [0.2, 0.25) is 0 Å². The highest BCUT2D eigenvalue weighted by Gasteiger charge is 2.11. The Morgan fingerprint density at radius 1 is 1.20 bits per heavy atom. The van der Waals surface area contributed by atoms with E-state index in [4.69, 9.17) is 9.47 Å². The van der Waals surface area contributed by atoms with Crippen LogP contribution in [0, 0.1) is 0 Å². The van der Waals surface area contributed by atoms with Crippen LogP contribution in [0.4, 0.5) is 0 Å². The van der Waals surface area contributed by atoms with Crippen molar-refractivity contribution in [2.75, 3.05) is 6.61 Å². The first-order valence-electron chi connectivity index (χ1n) is 7.18. The second-order valence-electron chi connectivity index (χ2n) is 4.82. The number of rotatable bonds is 7. The van der Waals surface area contributed by atoms with Gasteiger partial charge >= 0.3 is 0 Å². The summed E-state index contributed by atoms with van der Waals surface area (Å²) >= 11 is 0. The number of ether oxygens (including phenoxy) is 2. The number of hydrogen-bond acceptors (Lipinski definition) is 2. The summed E-state index contributed by atoms with van der Waals surface area (Å²) in [4.78, 5) is 0. The quantitative estimate of drug-likeness (QED) is 0.519. The van der Waals surface area contributed by atoms with Crippen LogP contribution in [0.25, 0.3) is 16.8 Å². The molecule has 2 rings (SSSR count). The maximum Gasteiger partial charge on any atom is 0.197 e. The van der Waals surface area contributed by atoms with Crippen LogP contribution in [0.15, 0.2) is 43.0 Å². The summed E-state index contributed by atoms with van der Waals surface area (Å²) in [6.45, 7) is 8.67. The Hall–Kier alpha value is -1.80. The zero-order chi connectivity index (χ0) is 14.4. The summed E-state index contributed by atoms with van der Waals surface area (Å²) in [5.41, 5.74) is 0.995. The molecule has 1 unspecified atom stereocenters. The van der Waals surface area contributed by atoms with Crippen molar-refractivity contribution in [2.24, 2.45) is 0 Å². The van der Waals surface area contributed by atoms with Gasteiger partial charge in [-0.25, -0.2) is 0 Å². The predicted molar refractivity (Wildman–Crippen MR) is 85.0 cm³/mol. The van der Waals surface area contributed by atoms with Crippen molar-refractivity contribution in [3.63, 3.8) is 0 Å². The first kappa shape index (κ1) is 14.6. The third kappa shape index (κ3) is 3.40. The molecule has 0 N–H and O–H groups in total. The van der Waals surface area contributed by atoms with E-state index in [1.54, 1.807) is 0 Å². The fourth-order valence-electron chi connectivity index (χ4n) is 2.15. The van der Waals surface area contributed by atoms with Crippen LogP contribution in [0.2, 0.25) is 0 Å². The SMILES string of the molecule is C=Cc1ccc2ccccc2c1OC(C)OCCCC. The smallest absolute Gasteiger partial charge is 0.197 e. The second-order valence-corrected chi connectivity index (χ2v) is 4.82. The fourth-order valence-corrected chi connectivity index (χ4v) is 2.15. The zero-order valence-electron chi connectivity index (χ0n) is 12.3. The topological polar surface area (TPSA) is 18.5 Å². The first-order valence-corrected chi connectivity index (χ1v) is 7.18. The lowest BCUT2D eigenvalue weighted by atomic mass is 10.1. The predicted octanol–water partition coefficient (Wildman–Crippen LogP) is 5.02. The Labute approximate surface area is 121 Å². The molecule has 0 saturated carbocycles. The van der Waals surface area contributed by atoms with E-state index in [9.17, 15) is 0 Å². The molecule has 0 heterocycles. The van der Waals surface area contributed by atoms with Crippen molar-refractivity contribution < 1.29 is 9.47 Å². The summed E-state index contributed by atoms with van der Waals surface area (Å²) in [5.74, 6) is 0.849. The molecule has 1 atom stereocenters. The fraction of sp³-hybridized carbons (Fsp3) is 0.333. The van der Waals surface area contributed by atoms with Crippen molar-refractivity contribution in [1.82, 2.24) is 0 Å². The van der Waals surface area contributed by atoms with Gasteiger partial charge in [-0.2, -0.15) is 0 Å². The van der Waals surface area contributed by atoms with Gasteiger partial charge in [-0.05, 0) is 18.7 Å². The normalized spacial score (nSPS) is 12.3. The molecular formula is C18H22O2. The Balaban J connectivity index is 2.24. The van der Waals surface area contributed by atoms with Gasteiger partial charge in [-0.1, -0.05) is 62.4 Å². The lowest BCUT2D eigenvalue weighted by Gasteiger charge is -2.18. The summed E-state index contributed by atoms with van der Waals surface area (Å²) in [6, 6.07) is 12.3. The highest BCUT2D eigenvalue weighted by Crippen LogP contribution is 2.31. The molecule has 0 amide bonds. The van der Waals surface area contributed by atoms with E-state index in [2.05, 4.69) is 31.7 Å². The molecule has 0 spiro atoms. The van der Waals surface area contributed by atoms with Gasteiger partial charge in [-0.15, -0.1) is 0 Å². The van der Waals surface area contributed by atoms with Gasteiger partial charge < -0.3 is 9.47 Å². The van der Waals surface area contributed by atoms with Gasteiger partial charge in [0, 0.05) is 10.9 Å². The summed E-state index contributed by atoms with van der Waals surface area (Å²) < 4.78 is 11.7. The molecule has 2 nitrogen and oxygen atoms in total. The van der Waals surface area contributed by atoms with E-state index in [0.717, 1.165) is 41.5 Å². The molecule has 0 aromatic heterocycles. The van der Waals surface area contributed by atoms with Crippen molar-refractivity contribution in [3.8, 4) is 5.75 Å². The molecular weight excluding hydrogens is 248 g/mol. The highest BCUT2D eigenvalue weighted by atomic mass is 16.7. The van der Waals surface area contributed by atoms with Gasteiger partial charge in [0.15, 0.2) is 6.29 Å². The van der Waals surface area contributed by atoms with Gasteiger partial charge in [0.25, 0.3) is 0 Å². The van der Waals surface area contributed by atoms with Crippen LogP contribution in [0.3, 0.4) is 0 Å². The number of fused-ring (bicyclic) bond motifs is 1. The van der Waals surface area contributed by atoms with E-state index in [0.29, 0.717) is 0 Å². The minimum Gasteiger partial charge on any atom is -0.464 e. The van der Waals surface area contributed by atoms with Crippen molar-refractivity contribution in [2.45, 2.75) is 33.0 Å². The molecule has 20 heavy (non-hydrogen) atoms. The van der Waals surface area contributed by atoms with Crippen LogP contribution < -0.4 is 4.74 Å². The maximum atomic E-state index is 6.00. The van der Waals surface area contributed by atoms with Crippen LogP contribution >= 0.6 is 0 Å². The Morgan fingerprint density at radius 2 is 2.00 bits per heavy atom. The van der Waals surface area contributed by atoms with Gasteiger partial charge in [0.1, 0.15) is 5.75 Å². The van der Waals surface area contributed by atoms with Crippen LogP contribution in [-0.2, 0) is 4.74 Å². The highest BCUT2D eigenvalue weighted by molar-refractivity contribution is 5.91. The lowest BCUT2D eigenvalue weighted by Crippen LogP contribution is -2.17. The molecule has 0 aliphatic carbocycles. The number of hydrogen-bond donors (Lipinski definition) is 0. The average molecular weight is 270 g/mol. The number of benzene rings is 2. The third-order valence-corrected chi connectivity index (χ3v) is 3.26. The Kier molecular flexibility index (Phi) is 5.19. The zero-order valence-corrected chi connectivity index (χ0v) is 12.3. The molecule has 106 valence electrons. The second kappa shape index (κ2) is 7.11.